The summed E-state index contributed by atoms with van der Waals surface area (Å²) < 4.78 is 0.952. The van der Waals surface area contributed by atoms with Gasteiger partial charge in [-0.3, -0.25) is 0 Å². The lowest BCUT2D eigenvalue weighted by Crippen LogP contribution is -2.28. The molecular weight excluding hydrogens is 246 g/mol. The monoisotopic (exact) mass is 259 g/mol. The van der Waals surface area contributed by atoms with Crippen LogP contribution in [-0.2, 0) is 6.54 Å². The Morgan fingerprint density at radius 3 is 2.86 bits per heavy atom. The number of aliphatic hydroxyl groups excluding tert-OH is 1. The molecule has 0 aliphatic heterocycles. The van der Waals surface area contributed by atoms with Crippen molar-refractivity contribution in [2.75, 3.05) is 6.61 Å². The van der Waals surface area contributed by atoms with Gasteiger partial charge in [-0.15, -0.1) is 0 Å². The molecule has 3 N–H and O–H groups in total. The van der Waals surface area contributed by atoms with Crippen molar-refractivity contribution in [1.29, 1.82) is 0 Å². The Labute approximate surface area is 91.9 Å². The third-order valence-electron chi connectivity index (χ3n) is 1.94. The maximum absolute atomic E-state index is 9.26. The molecule has 1 aromatic carbocycles. The van der Waals surface area contributed by atoms with Gasteiger partial charge in [-0.1, -0.05) is 15.9 Å². The van der Waals surface area contributed by atoms with Crippen LogP contribution in [0.2, 0.25) is 0 Å². The van der Waals surface area contributed by atoms with Crippen molar-refractivity contribution >= 4 is 15.9 Å². The van der Waals surface area contributed by atoms with Gasteiger partial charge in [0.2, 0.25) is 0 Å². The molecule has 0 aromatic heterocycles. The van der Waals surface area contributed by atoms with Gasteiger partial charge in [0.1, 0.15) is 5.75 Å². The highest BCUT2D eigenvalue weighted by atomic mass is 79.9. The molecule has 0 saturated carbocycles. The van der Waals surface area contributed by atoms with Gasteiger partial charge in [-0.05, 0) is 30.7 Å². The highest BCUT2D eigenvalue weighted by Gasteiger charge is 2.03. The number of halogens is 1. The highest BCUT2D eigenvalue weighted by molar-refractivity contribution is 9.10. The van der Waals surface area contributed by atoms with E-state index in [1.165, 1.54) is 0 Å². The Bertz CT molecular complexity index is 304. The number of aromatic hydroxyl groups is 1. The van der Waals surface area contributed by atoms with Crippen LogP contribution in [0.3, 0.4) is 0 Å². The zero-order valence-electron chi connectivity index (χ0n) is 8.00. The number of phenols is 1. The second-order valence-corrected chi connectivity index (χ2v) is 4.09. The van der Waals surface area contributed by atoms with E-state index in [9.17, 15) is 5.11 Å². The average Bonchev–Trinajstić information content (AvgIpc) is 2.19. The third-order valence-corrected chi connectivity index (χ3v) is 2.72. The molecule has 0 bridgehead atoms. The predicted molar refractivity (Wildman–Crippen MR) is 59.2 cm³/mol. The summed E-state index contributed by atoms with van der Waals surface area (Å²) in [6.07, 6.45) is 0. The first-order chi connectivity index (χ1) is 6.63. The molecule has 0 radical (unpaired) electrons. The van der Waals surface area contributed by atoms with E-state index in [4.69, 9.17) is 5.11 Å². The van der Waals surface area contributed by atoms with Gasteiger partial charge in [0.25, 0.3) is 0 Å². The van der Waals surface area contributed by atoms with Crippen LogP contribution in [0, 0.1) is 0 Å². The molecule has 0 aliphatic carbocycles. The quantitative estimate of drug-likeness (QED) is 0.771. The predicted octanol–water partition coefficient (Wildman–Crippen LogP) is 1.63. The summed E-state index contributed by atoms with van der Waals surface area (Å²) in [5.74, 6) is 0.252. The van der Waals surface area contributed by atoms with Crippen LogP contribution in [0.25, 0.3) is 0 Å². The summed E-state index contributed by atoms with van der Waals surface area (Å²) in [5, 5.41) is 21.2. The highest BCUT2D eigenvalue weighted by Crippen LogP contribution is 2.21. The van der Waals surface area contributed by atoms with Gasteiger partial charge in [-0.25, -0.2) is 0 Å². The Hall–Kier alpha value is -0.580. The standard InChI is InChI=1S/C10H14BrNO2/c1-7(6-13)12-5-8-4-9(14)2-3-10(8)11/h2-4,7,12-14H,5-6H2,1H3. The van der Waals surface area contributed by atoms with Gasteiger partial charge in [0, 0.05) is 17.1 Å². The van der Waals surface area contributed by atoms with Gasteiger partial charge in [0.05, 0.1) is 6.61 Å². The van der Waals surface area contributed by atoms with Gasteiger partial charge in [-0.2, -0.15) is 0 Å². The van der Waals surface area contributed by atoms with Crippen molar-refractivity contribution in [3.63, 3.8) is 0 Å². The smallest absolute Gasteiger partial charge is 0.115 e. The molecular formula is C10H14BrNO2. The molecule has 14 heavy (non-hydrogen) atoms. The van der Waals surface area contributed by atoms with E-state index < -0.39 is 0 Å². The second kappa shape index (κ2) is 5.34. The summed E-state index contributed by atoms with van der Waals surface area (Å²) in [7, 11) is 0. The topological polar surface area (TPSA) is 52.5 Å². The maximum Gasteiger partial charge on any atom is 0.115 e. The Morgan fingerprint density at radius 2 is 2.21 bits per heavy atom. The molecule has 0 heterocycles. The number of hydrogen-bond acceptors (Lipinski definition) is 3. The number of hydrogen-bond donors (Lipinski definition) is 3. The van der Waals surface area contributed by atoms with Crippen LogP contribution >= 0.6 is 15.9 Å². The summed E-state index contributed by atoms with van der Waals surface area (Å²) in [4.78, 5) is 0. The summed E-state index contributed by atoms with van der Waals surface area (Å²) in [6.45, 7) is 2.63. The lowest BCUT2D eigenvalue weighted by atomic mass is 10.2. The average molecular weight is 260 g/mol. The van der Waals surface area contributed by atoms with Crippen molar-refractivity contribution in [3.05, 3.63) is 28.2 Å². The fourth-order valence-corrected chi connectivity index (χ4v) is 1.43. The van der Waals surface area contributed by atoms with Gasteiger partial charge in [0.15, 0.2) is 0 Å². The van der Waals surface area contributed by atoms with Crippen LogP contribution in [0.4, 0.5) is 0 Å². The van der Waals surface area contributed by atoms with E-state index >= 15 is 0 Å². The summed E-state index contributed by atoms with van der Waals surface area (Å²) in [6, 6.07) is 5.18. The number of rotatable bonds is 4. The van der Waals surface area contributed by atoms with E-state index in [2.05, 4.69) is 21.2 Å². The van der Waals surface area contributed by atoms with Crippen LogP contribution in [-0.4, -0.2) is 22.9 Å². The number of aliphatic hydroxyl groups is 1. The first-order valence-corrected chi connectivity index (χ1v) is 5.24. The Balaban J connectivity index is 2.62. The molecule has 1 unspecified atom stereocenters. The molecule has 4 heteroatoms. The zero-order valence-corrected chi connectivity index (χ0v) is 9.58. The molecule has 0 fully saturated rings. The number of nitrogens with one attached hydrogen (secondary N) is 1. The van der Waals surface area contributed by atoms with E-state index in [-0.39, 0.29) is 18.4 Å². The number of phenolic OH excluding ortho intramolecular Hbond substituents is 1. The van der Waals surface area contributed by atoms with E-state index in [1.807, 2.05) is 6.92 Å². The molecule has 1 atom stereocenters. The molecule has 1 rings (SSSR count). The van der Waals surface area contributed by atoms with Crippen molar-refractivity contribution < 1.29 is 10.2 Å². The van der Waals surface area contributed by atoms with E-state index in [1.54, 1.807) is 18.2 Å². The van der Waals surface area contributed by atoms with Crippen molar-refractivity contribution in [3.8, 4) is 5.75 Å². The molecule has 0 spiro atoms. The van der Waals surface area contributed by atoms with Crippen molar-refractivity contribution in [1.82, 2.24) is 5.32 Å². The van der Waals surface area contributed by atoms with Crippen LogP contribution in [0.5, 0.6) is 5.75 Å². The summed E-state index contributed by atoms with van der Waals surface area (Å²) >= 11 is 3.39. The van der Waals surface area contributed by atoms with Crippen LogP contribution in [0.15, 0.2) is 22.7 Å². The largest absolute Gasteiger partial charge is 0.508 e. The van der Waals surface area contributed by atoms with Crippen LogP contribution < -0.4 is 5.32 Å². The van der Waals surface area contributed by atoms with E-state index in [0.717, 1.165) is 10.0 Å². The summed E-state index contributed by atoms with van der Waals surface area (Å²) in [5.41, 5.74) is 0.977. The van der Waals surface area contributed by atoms with Crippen molar-refractivity contribution in [2.24, 2.45) is 0 Å². The Morgan fingerprint density at radius 1 is 1.50 bits per heavy atom. The lowest BCUT2D eigenvalue weighted by molar-refractivity contribution is 0.251. The molecule has 0 aliphatic rings. The zero-order chi connectivity index (χ0) is 10.6. The third kappa shape index (κ3) is 3.29. The second-order valence-electron chi connectivity index (χ2n) is 3.24. The lowest BCUT2D eigenvalue weighted by Gasteiger charge is -2.11. The first kappa shape index (κ1) is 11.5. The van der Waals surface area contributed by atoms with Gasteiger partial charge < -0.3 is 15.5 Å². The fraction of sp³-hybridized carbons (Fsp3) is 0.400. The van der Waals surface area contributed by atoms with Crippen molar-refractivity contribution in [2.45, 2.75) is 19.5 Å². The molecule has 78 valence electrons. The first-order valence-electron chi connectivity index (χ1n) is 4.45. The molecule has 0 saturated heterocycles. The van der Waals surface area contributed by atoms with Crippen LogP contribution in [0.1, 0.15) is 12.5 Å². The molecule has 3 nitrogen and oxygen atoms in total. The minimum atomic E-state index is 0.0595. The minimum absolute atomic E-state index is 0.0595. The Kier molecular flexibility index (Phi) is 4.38. The molecule has 1 aromatic rings. The van der Waals surface area contributed by atoms with E-state index in [0.29, 0.717) is 6.54 Å². The minimum Gasteiger partial charge on any atom is -0.508 e. The maximum atomic E-state index is 9.26. The molecule has 0 amide bonds. The number of benzene rings is 1. The van der Waals surface area contributed by atoms with Gasteiger partial charge >= 0.3 is 0 Å². The normalized spacial score (nSPS) is 12.8. The SMILES string of the molecule is CC(CO)NCc1cc(O)ccc1Br. The fourth-order valence-electron chi connectivity index (χ4n) is 1.05.